The molecule has 3 amide bonds. The highest BCUT2D eigenvalue weighted by atomic mass is 16.2. The monoisotopic (exact) mass is 282 g/mol. The van der Waals surface area contributed by atoms with Crippen LogP contribution in [0.2, 0.25) is 0 Å². The quantitative estimate of drug-likeness (QED) is 0.726. The van der Waals surface area contributed by atoms with E-state index in [1.165, 1.54) is 11.8 Å². The van der Waals surface area contributed by atoms with Crippen LogP contribution in [0.15, 0.2) is 0 Å². The van der Waals surface area contributed by atoms with E-state index in [1.807, 2.05) is 0 Å². The van der Waals surface area contributed by atoms with Crippen molar-refractivity contribution in [2.75, 3.05) is 13.1 Å². The smallest absolute Gasteiger partial charge is 0.229 e. The Morgan fingerprint density at radius 1 is 1.10 bits per heavy atom. The molecule has 0 aliphatic carbocycles. The largest absolute Gasteiger partial charge is 0.356 e. The van der Waals surface area contributed by atoms with Gasteiger partial charge in [-0.2, -0.15) is 0 Å². The fourth-order valence-corrected chi connectivity index (χ4v) is 2.40. The predicted octanol–water partition coefficient (Wildman–Crippen LogP) is 2.00. The van der Waals surface area contributed by atoms with Gasteiger partial charge in [0.05, 0.1) is 0 Å². The number of hydrogen-bond acceptors (Lipinski definition) is 3. The van der Waals surface area contributed by atoms with Crippen molar-refractivity contribution in [1.29, 1.82) is 0 Å². The minimum Gasteiger partial charge on any atom is -0.356 e. The number of imide groups is 1. The van der Waals surface area contributed by atoms with Gasteiger partial charge in [-0.15, -0.1) is 0 Å². The van der Waals surface area contributed by atoms with Gasteiger partial charge in [0.25, 0.3) is 0 Å². The van der Waals surface area contributed by atoms with Crippen LogP contribution in [0.1, 0.15) is 64.7 Å². The lowest BCUT2D eigenvalue weighted by molar-refractivity contribution is -0.144. The molecule has 1 aliphatic heterocycles. The first-order valence-electron chi connectivity index (χ1n) is 7.69. The Hall–Kier alpha value is -1.39. The first-order valence-corrected chi connectivity index (χ1v) is 7.69. The second-order valence-corrected chi connectivity index (χ2v) is 5.40. The van der Waals surface area contributed by atoms with Gasteiger partial charge in [0.1, 0.15) is 0 Å². The highest BCUT2D eigenvalue weighted by Gasteiger charge is 2.22. The summed E-state index contributed by atoms with van der Waals surface area (Å²) in [6.07, 6.45) is 7.60. The van der Waals surface area contributed by atoms with Gasteiger partial charge in [0.2, 0.25) is 17.7 Å². The molecule has 20 heavy (non-hydrogen) atoms. The Bertz CT molecular complexity index is 342. The van der Waals surface area contributed by atoms with Crippen molar-refractivity contribution in [3.05, 3.63) is 0 Å². The molecule has 0 saturated carbocycles. The van der Waals surface area contributed by atoms with E-state index in [-0.39, 0.29) is 17.7 Å². The van der Waals surface area contributed by atoms with Crippen LogP contribution in [0.3, 0.4) is 0 Å². The zero-order chi connectivity index (χ0) is 14.8. The normalized spacial score (nSPS) is 15.8. The van der Waals surface area contributed by atoms with E-state index in [1.54, 1.807) is 0 Å². The van der Waals surface area contributed by atoms with Crippen molar-refractivity contribution in [3.63, 3.8) is 0 Å². The topological polar surface area (TPSA) is 66.5 Å². The Morgan fingerprint density at radius 2 is 1.85 bits per heavy atom. The second kappa shape index (κ2) is 9.50. The zero-order valence-corrected chi connectivity index (χ0v) is 12.5. The molecule has 5 heteroatoms. The summed E-state index contributed by atoms with van der Waals surface area (Å²) in [5.41, 5.74) is 0. The Kier molecular flexibility index (Phi) is 7.92. The summed E-state index contributed by atoms with van der Waals surface area (Å²) in [5, 5.41) is 2.75. The van der Waals surface area contributed by atoms with E-state index in [0.29, 0.717) is 25.9 Å². The summed E-state index contributed by atoms with van der Waals surface area (Å²) in [5.74, 6) is -0.0169. The fraction of sp³-hybridized carbons (Fsp3) is 0.800. The van der Waals surface area contributed by atoms with Crippen LogP contribution in [0.4, 0.5) is 0 Å². The summed E-state index contributed by atoms with van der Waals surface area (Å²) in [6, 6.07) is 0. The maximum Gasteiger partial charge on any atom is 0.229 e. The SMILES string of the molecule is CC(=O)NCCCCCCC(=O)N1CCCCCC1=O. The van der Waals surface area contributed by atoms with Crippen LogP contribution >= 0.6 is 0 Å². The maximum absolute atomic E-state index is 12.0. The molecule has 1 saturated heterocycles. The van der Waals surface area contributed by atoms with Crippen LogP contribution in [-0.4, -0.2) is 35.7 Å². The van der Waals surface area contributed by atoms with E-state index in [0.717, 1.165) is 44.9 Å². The number of hydrogen-bond donors (Lipinski definition) is 1. The van der Waals surface area contributed by atoms with Crippen molar-refractivity contribution in [3.8, 4) is 0 Å². The van der Waals surface area contributed by atoms with Crippen LogP contribution < -0.4 is 5.32 Å². The molecule has 0 spiro atoms. The van der Waals surface area contributed by atoms with Crippen molar-refractivity contribution in [2.24, 2.45) is 0 Å². The van der Waals surface area contributed by atoms with Crippen molar-refractivity contribution >= 4 is 17.7 Å². The van der Waals surface area contributed by atoms with Crippen molar-refractivity contribution in [2.45, 2.75) is 64.7 Å². The Morgan fingerprint density at radius 3 is 2.60 bits per heavy atom. The molecule has 0 aromatic carbocycles. The van der Waals surface area contributed by atoms with E-state index in [2.05, 4.69) is 5.32 Å². The predicted molar refractivity (Wildman–Crippen MR) is 77.0 cm³/mol. The van der Waals surface area contributed by atoms with Crippen molar-refractivity contribution in [1.82, 2.24) is 10.2 Å². The van der Waals surface area contributed by atoms with Crippen LogP contribution in [0.5, 0.6) is 0 Å². The van der Waals surface area contributed by atoms with Gasteiger partial charge in [0, 0.05) is 32.9 Å². The number of nitrogens with zero attached hydrogens (tertiary/aromatic N) is 1. The van der Waals surface area contributed by atoms with E-state index < -0.39 is 0 Å². The summed E-state index contributed by atoms with van der Waals surface area (Å²) in [6.45, 7) is 2.81. The second-order valence-electron chi connectivity index (χ2n) is 5.40. The highest BCUT2D eigenvalue weighted by Crippen LogP contribution is 2.13. The molecule has 1 heterocycles. The van der Waals surface area contributed by atoms with Gasteiger partial charge in [-0.05, 0) is 25.7 Å². The molecule has 0 atom stereocenters. The van der Waals surface area contributed by atoms with Crippen LogP contribution in [0.25, 0.3) is 0 Å². The lowest BCUT2D eigenvalue weighted by Gasteiger charge is -2.18. The molecule has 114 valence electrons. The average molecular weight is 282 g/mol. The summed E-state index contributed by atoms with van der Waals surface area (Å²) in [7, 11) is 0. The van der Waals surface area contributed by atoms with Gasteiger partial charge in [-0.1, -0.05) is 19.3 Å². The minimum absolute atomic E-state index is 0.000135. The zero-order valence-electron chi connectivity index (χ0n) is 12.5. The first kappa shape index (κ1) is 16.7. The molecule has 5 nitrogen and oxygen atoms in total. The lowest BCUT2D eigenvalue weighted by Crippen LogP contribution is -2.36. The third kappa shape index (κ3) is 6.68. The summed E-state index contributed by atoms with van der Waals surface area (Å²) < 4.78 is 0. The Balaban J connectivity index is 2.10. The number of unbranched alkanes of at least 4 members (excludes halogenated alkanes) is 3. The lowest BCUT2D eigenvalue weighted by atomic mass is 10.1. The number of carbonyl (C=O) groups is 3. The van der Waals surface area contributed by atoms with Crippen molar-refractivity contribution < 1.29 is 14.4 Å². The van der Waals surface area contributed by atoms with Crippen LogP contribution in [0, 0.1) is 0 Å². The molecule has 1 fully saturated rings. The number of rotatable bonds is 7. The highest BCUT2D eigenvalue weighted by molar-refractivity contribution is 5.95. The Labute approximate surface area is 121 Å². The maximum atomic E-state index is 12.0. The van der Waals surface area contributed by atoms with Gasteiger partial charge in [-0.25, -0.2) is 0 Å². The third-order valence-corrected chi connectivity index (χ3v) is 3.57. The van der Waals surface area contributed by atoms with Crippen LogP contribution in [-0.2, 0) is 14.4 Å². The third-order valence-electron chi connectivity index (χ3n) is 3.57. The summed E-state index contributed by atoms with van der Waals surface area (Å²) >= 11 is 0. The number of nitrogens with one attached hydrogen (secondary N) is 1. The van der Waals surface area contributed by atoms with E-state index in [9.17, 15) is 14.4 Å². The molecule has 0 unspecified atom stereocenters. The summed E-state index contributed by atoms with van der Waals surface area (Å²) in [4.78, 5) is 35.9. The van der Waals surface area contributed by atoms with E-state index >= 15 is 0 Å². The molecule has 0 radical (unpaired) electrons. The molecular formula is C15H26N2O3. The molecule has 0 aromatic heterocycles. The fourth-order valence-electron chi connectivity index (χ4n) is 2.40. The van der Waals surface area contributed by atoms with Gasteiger partial charge < -0.3 is 5.32 Å². The van der Waals surface area contributed by atoms with E-state index in [4.69, 9.17) is 0 Å². The molecule has 1 aliphatic rings. The van der Waals surface area contributed by atoms with Gasteiger partial charge in [-0.3, -0.25) is 19.3 Å². The molecular weight excluding hydrogens is 256 g/mol. The molecule has 1 rings (SSSR count). The standard InChI is InChI=1S/C15H26N2O3/c1-13(18)16-11-7-3-2-5-9-14(19)17-12-8-4-6-10-15(17)20/h2-12H2,1H3,(H,16,18). The van der Waals surface area contributed by atoms with Gasteiger partial charge >= 0.3 is 0 Å². The number of carbonyl (C=O) groups excluding carboxylic acids is 3. The number of likely N-dealkylation sites (tertiary alicyclic amines) is 1. The molecule has 0 bridgehead atoms. The van der Waals surface area contributed by atoms with Gasteiger partial charge in [0.15, 0.2) is 0 Å². The number of amides is 3. The minimum atomic E-state index is -0.0150. The molecule has 1 N–H and O–H groups in total. The molecule has 0 aromatic rings. The first-order chi connectivity index (χ1) is 9.61. The average Bonchev–Trinajstić information content (AvgIpc) is 2.61.